The van der Waals surface area contributed by atoms with Crippen LogP contribution < -0.4 is 0 Å². The SMILES string of the molecule is C=C(C)CC(=O)CSc1cccc(C)c1. The molecule has 0 atom stereocenters. The number of aryl methyl sites for hydroxylation is 1. The largest absolute Gasteiger partial charge is 0.298 e. The first-order valence-electron chi connectivity index (χ1n) is 4.93. The van der Waals surface area contributed by atoms with E-state index in [4.69, 9.17) is 0 Å². The van der Waals surface area contributed by atoms with Gasteiger partial charge in [0.25, 0.3) is 0 Å². The molecule has 0 aliphatic carbocycles. The molecule has 1 nitrogen and oxygen atoms in total. The van der Waals surface area contributed by atoms with Gasteiger partial charge >= 0.3 is 0 Å². The predicted molar refractivity (Wildman–Crippen MR) is 66.3 cm³/mol. The van der Waals surface area contributed by atoms with Crippen molar-refractivity contribution in [1.82, 2.24) is 0 Å². The highest BCUT2D eigenvalue weighted by Gasteiger charge is 2.03. The highest BCUT2D eigenvalue weighted by atomic mass is 32.2. The lowest BCUT2D eigenvalue weighted by Gasteiger charge is -2.02. The first-order chi connectivity index (χ1) is 7.08. The van der Waals surface area contributed by atoms with Crippen LogP contribution in [0.4, 0.5) is 0 Å². The Balaban J connectivity index is 2.43. The van der Waals surface area contributed by atoms with Gasteiger partial charge in [0.2, 0.25) is 0 Å². The molecular weight excluding hydrogens is 204 g/mol. The van der Waals surface area contributed by atoms with Gasteiger partial charge in [-0.15, -0.1) is 11.8 Å². The maximum Gasteiger partial charge on any atom is 0.147 e. The summed E-state index contributed by atoms with van der Waals surface area (Å²) in [5, 5.41) is 0. The van der Waals surface area contributed by atoms with E-state index in [1.54, 1.807) is 11.8 Å². The Kier molecular flexibility index (Phi) is 4.63. The molecular formula is C13H16OS. The number of Topliss-reactive ketones (excluding diaryl/α,β-unsaturated/α-hetero) is 1. The van der Waals surface area contributed by atoms with E-state index >= 15 is 0 Å². The summed E-state index contributed by atoms with van der Waals surface area (Å²) in [5.74, 6) is 0.782. The molecule has 0 saturated carbocycles. The number of benzene rings is 1. The predicted octanol–water partition coefficient (Wildman–Crippen LogP) is 3.62. The van der Waals surface area contributed by atoms with Crippen LogP contribution in [0.5, 0.6) is 0 Å². The smallest absolute Gasteiger partial charge is 0.147 e. The van der Waals surface area contributed by atoms with Crippen molar-refractivity contribution in [2.75, 3.05) is 5.75 Å². The highest BCUT2D eigenvalue weighted by molar-refractivity contribution is 8.00. The number of ketones is 1. The third-order valence-corrected chi connectivity index (χ3v) is 2.94. The second kappa shape index (κ2) is 5.76. The van der Waals surface area contributed by atoms with Crippen molar-refractivity contribution < 1.29 is 4.79 Å². The number of rotatable bonds is 5. The Labute approximate surface area is 95.6 Å². The van der Waals surface area contributed by atoms with Crippen molar-refractivity contribution in [2.45, 2.75) is 25.2 Å². The summed E-state index contributed by atoms with van der Waals surface area (Å²) < 4.78 is 0. The standard InChI is InChI=1S/C13H16OS/c1-10(2)7-12(14)9-15-13-6-4-5-11(3)8-13/h4-6,8H,1,7,9H2,2-3H3. The van der Waals surface area contributed by atoms with Crippen LogP contribution in [0.25, 0.3) is 0 Å². The Hall–Kier alpha value is -1.02. The molecule has 2 heteroatoms. The lowest BCUT2D eigenvalue weighted by molar-refractivity contribution is -0.115. The molecule has 0 amide bonds. The van der Waals surface area contributed by atoms with E-state index in [9.17, 15) is 4.79 Å². The van der Waals surface area contributed by atoms with Gasteiger partial charge < -0.3 is 0 Å². The summed E-state index contributed by atoms with van der Waals surface area (Å²) in [7, 11) is 0. The van der Waals surface area contributed by atoms with Crippen molar-refractivity contribution in [2.24, 2.45) is 0 Å². The van der Waals surface area contributed by atoms with Crippen LogP contribution in [0.3, 0.4) is 0 Å². The van der Waals surface area contributed by atoms with Gasteiger partial charge in [-0.2, -0.15) is 0 Å². The molecule has 1 aromatic rings. The van der Waals surface area contributed by atoms with Gasteiger partial charge in [0.05, 0.1) is 5.75 Å². The van der Waals surface area contributed by atoms with Crippen LogP contribution in [-0.4, -0.2) is 11.5 Å². The van der Waals surface area contributed by atoms with Gasteiger partial charge in [-0.3, -0.25) is 4.79 Å². The van der Waals surface area contributed by atoms with E-state index in [1.165, 1.54) is 5.56 Å². The average molecular weight is 220 g/mol. The zero-order valence-electron chi connectivity index (χ0n) is 9.25. The quantitative estimate of drug-likeness (QED) is 0.557. The Morgan fingerprint density at radius 1 is 1.47 bits per heavy atom. The van der Waals surface area contributed by atoms with Crippen LogP contribution in [0.1, 0.15) is 18.9 Å². The Bertz CT molecular complexity index is 369. The van der Waals surface area contributed by atoms with Crippen LogP contribution >= 0.6 is 11.8 Å². The van der Waals surface area contributed by atoms with Gasteiger partial charge in [-0.25, -0.2) is 0 Å². The third kappa shape index (κ3) is 4.84. The van der Waals surface area contributed by atoms with Gasteiger partial charge in [0.15, 0.2) is 0 Å². The highest BCUT2D eigenvalue weighted by Crippen LogP contribution is 2.19. The molecule has 0 spiro atoms. The molecule has 1 rings (SSSR count). The van der Waals surface area contributed by atoms with E-state index in [0.717, 1.165) is 10.5 Å². The monoisotopic (exact) mass is 220 g/mol. The minimum atomic E-state index is 0.244. The Morgan fingerprint density at radius 2 is 2.20 bits per heavy atom. The molecule has 80 valence electrons. The second-order valence-corrected chi connectivity index (χ2v) is 4.83. The fourth-order valence-electron chi connectivity index (χ4n) is 1.26. The van der Waals surface area contributed by atoms with Crippen molar-refractivity contribution >= 4 is 17.5 Å². The second-order valence-electron chi connectivity index (χ2n) is 3.78. The molecule has 0 aromatic heterocycles. The third-order valence-electron chi connectivity index (χ3n) is 1.89. The van der Waals surface area contributed by atoms with Crippen molar-refractivity contribution in [3.8, 4) is 0 Å². The number of carbonyl (C=O) groups is 1. The van der Waals surface area contributed by atoms with Crippen LogP contribution in [-0.2, 0) is 4.79 Å². The molecule has 0 saturated heterocycles. The molecule has 0 heterocycles. The number of allylic oxidation sites excluding steroid dienone is 1. The molecule has 15 heavy (non-hydrogen) atoms. The van der Waals surface area contributed by atoms with Gasteiger partial charge in [-0.1, -0.05) is 29.8 Å². The zero-order chi connectivity index (χ0) is 11.3. The summed E-state index contributed by atoms with van der Waals surface area (Å²) in [6.45, 7) is 7.67. The molecule has 0 aliphatic rings. The van der Waals surface area contributed by atoms with Gasteiger partial charge in [0, 0.05) is 11.3 Å². The normalized spacial score (nSPS) is 10.0. The topological polar surface area (TPSA) is 17.1 Å². The van der Waals surface area contributed by atoms with Crippen LogP contribution in [0.15, 0.2) is 41.3 Å². The molecule has 0 aliphatic heterocycles. The first-order valence-corrected chi connectivity index (χ1v) is 5.92. The van der Waals surface area contributed by atoms with E-state index < -0.39 is 0 Å². The fraction of sp³-hybridized carbons (Fsp3) is 0.308. The summed E-state index contributed by atoms with van der Waals surface area (Å²) in [6, 6.07) is 8.20. The first kappa shape index (κ1) is 12.1. The van der Waals surface area contributed by atoms with E-state index in [0.29, 0.717) is 12.2 Å². The fourth-order valence-corrected chi connectivity index (χ4v) is 2.13. The number of hydrogen-bond donors (Lipinski definition) is 0. The van der Waals surface area contributed by atoms with Crippen molar-refractivity contribution in [3.63, 3.8) is 0 Å². The Morgan fingerprint density at radius 3 is 2.80 bits per heavy atom. The minimum absolute atomic E-state index is 0.244. The van der Waals surface area contributed by atoms with Gasteiger partial charge in [0.1, 0.15) is 5.78 Å². The number of hydrogen-bond acceptors (Lipinski definition) is 2. The molecule has 0 unspecified atom stereocenters. The van der Waals surface area contributed by atoms with Gasteiger partial charge in [-0.05, 0) is 26.0 Å². The molecule has 0 bridgehead atoms. The van der Waals surface area contributed by atoms with Crippen LogP contribution in [0, 0.1) is 6.92 Å². The summed E-state index contributed by atoms with van der Waals surface area (Å²) in [6.07, 6.45) is 0.499. The molecule has 0 N–H and O–H groups in total. The van der Waals surface area contributed by atoms with E-state index in [1.807, 2.05) is 19.1 Å². The van der Waals surface area contributed by atoms with Crippen molar-refractivity contribution in [1.29, 1.82) is 0 Å². The average Bonchev–Trinajstić information content (AvgIpc) is 2.14. The minimum Gasteiger partial charge on any atom is -0.298 e. The summed E-state index contributed by atoms with van der Waals surface area (Å²) in [5.41, 5.74) is 2.16. The maximum absolute atomic E-state index is 11.4. The summed E-state index contributed by atoms with van der Waals surface area (Å²) >= 11 is 1.59. The number of carbonyl (C=O) groups excluding carboxylic acids is 1. The zero-order valence-corrected chi connectivity index (χ0v) is 10.1. The lowest BCUT2D eigenvalue weighted by atomic mass is 10.2. The van der Waals surface area contributed by atoms with E-state index in [2.05, 4.69) is 25.6 Å². The molecule has 1 aromatic carbocycles. The summed E-state index contributed by atoms with van der Waals surface area (Å²) in [4.78, 5) is 12.6. The van der Waals surface area contributed by atoms with Crippen molar-refractivity contribution in [3.05, 3.63) is 42.0 Å². The lowest BCUT2D eigenvalue weighted by Crippen LogP contribution is -2.01. The van der Waals surface area contributed by atoms with E-state index in [-0.39, 0.29) is 5.78 Å². The maximum atomic E-state index is 11.4. The number of thioether (sulfide) groups is 1. The molecule has 0 radical (unpaired) electrons. The molecule has 0 fully saturated rings. The van der Waals surface area contributed by atoms with Crippen LogP contribution in [0.2, 0.25) is 0 Å².